The molecule has 0 N–H and O–H groups in total. The number of hydrogen-bond donors (Lipinski definition) is 0. The largest absolute Gasteiger partial charge is 0.423 e. The fourth-order valence-corrected chi connectivity index (χ4v) is 1.18. The molecule has 2 aromatic rings. The van der Waals surface area contributed by atoms with Crippen LogP contribution in [-0.2, 0) is 0 Å². The number of aryl methyl sites for hydroxylation is 1. The number of hydrogen-bond acceptors (Lipinski definition) is 3. The van der Waals surface area contributed by atoms with Crippen molar-refractivity contribution in [1.29, 1.82) is 0 Å². The molecular weight excluding hydrogens is 171 g/mol. The first-order valence-corrected chi connectivity index (χ1v) is 3.80. The SMILES string of the molecule is Cc1cccc(F)c1-c1nnco1. The second-order valence-corrected chi connectivity index (χ2v) is 2.68. The van der Waals surface area contributed by atoms with Gasteiger partial charge in [0.2, 0.25) is 6.39 Å². The predicted octanol–water partition coefficient (Wildman–Crippen LogP) is 2.18. The highest BCUT2D eigenvalue weighted by Crippen LogP contribution is 2.23. The molecule has 0 radical (unpaired) electrons. The first-order chi connectivity index (χ1) is 6.29. The fraction of sp³-hybridized carbons (Fsp3) is 0.111. The van der Waals surface area contributed by atoms with Gasteiger partial charge >= 0.3 is 0 Å². The minimum Gasteiger partial charge on any atom is -0.423 e. The van der Waals surface area contributed by atoms with Crippen LogP contribution in [0.15, 0.2) is 29.0 Å². The van der Waals surface area contributed by atoms with E-state index < -0.39 is 0 Å². The van der Waals surface area contributed by atoms with E-state index in [1.54, 1.807) is 19.1 Å². The van der Waals surface area contributed by atoms with Crippen LogP contribution >= 0.6 is 0 Å². The Kier molecular flexibility index (Phi) is 1.81. The van der Waals surface area contributed by atoms with Gasteiger partial charge < -0.3 is 4.42 Å². The first-order valence-electron chi connectivity index (χ1n) is 3.80. The molecule has 0 aliphatic heterocycles. The van der Waals surface area contributed by atoms with Crippen molar-refractivity contribution in [3.8, 4) is 11.5 Å². The molecule has 1 heterocycles. The van der Waals surface area contributed by atoms with Gasteiger partial charge in [-0.2, -0.15) is 0 Å². The molecule has 0 amide bonds. The van der Waals surface area contributed by atoms with Gasteiger partial charge in [0.15, 0.2) is 0 Å². The number of nitrogens with zero attached hydrogens (tertiary/aromatic N) is 2. The van der Waals surface area contributed by atoms with Crippen molar-refractivity contribution >= 4 is 0 Å². The van der Waals surface area contributed by atoms with E-state index in [4.69, 9.17) is 4.42 Å². The summed E-state index contributed by atoms with van der Waals surface area (Å²) in [6, 6.07) is 4.81. The average Bonchev–Trinajstić information content (AvgIpc) is 2.57. The van der Waals surface area contributed by atoms with E-state index in [1.165, 1.54) is 12.5 Å². The normalized spacial score (nSPS) is 10.3. The quantitative estimate of drug-likeness (QED) is 0.671. The molecule has 66 valence electrons. The fourth-order valence-electron chi connectivity index (χ4n) is 1.18. The zero-order chi connectivity index (χ0) is 9.26. The molecule has 0 aliphatic rings. The van der Waals surface area contributed by atoms with E-state index in [-0.39, 0.29) is 11.7 Å². The molecule has 0 atom stereocenters. The van der Waals surface area contributed by atoms with Crippen LogP contribution in [0, 0.1) is 12.7 Å². The molecule has 0 bridgehead atoms. The molecule has 1 aromatic carbocycles. The van der Waals surface area contributed by atoms with E-state index in [9.17, 15) is 4.39 Å². The molecule has 0 saturated carbocycles. The van der Waals surface area contributed by atoms with Gasteiger partial charge in [-0.15, -0.1) is 10.2 Å². The molecule has 13 heavy (non-hydrogen) atoms. The number of rotatable bonds is 1. The smallest absolute Gasteiger partial charge is 0.250 e. The molecule has 3 nitrogen and oxygen atoms in total. The Morgan fingerprint density at radius 1 is 1.38 bits per heavy atom. The topological polar surface area (TPSA) is 38.9 Å². The van der Waals surface area contributed by atoms with Gasteiger partial charge in [-0.1, -0.05) is 12.1 Å². The third kappa shape index (κ3) is 1.30. The van der Waals surface area contributed by atoms with Crippen molar-refractivity contribution in [1.82, 2.24) is 10.2 Å². The Hall–Kier alpha value is -1.71. The second-order valence-electron chi connectivity index (χ2n) is 2.68. The van der Waals surface area contributed by atoms with E-state index in [2.05, 4.69) is 10.2 Å². The summed E-state index contributed by atoms with van der Waals surface area (Å²) < 4.78 is 18.2. The lowest BCUT2D eigenvalue weighted by Gasteiger charge is -2.00. The lowest BCUT2D eigenvalue weighted by molar-refractivity contribution is 0.557. The Labute approximate surface area is 74.2 Å². The van der Waals surface area contributed by atoms with Crippen LogP contribution in [-0.4, -0.2) is 10.2 Å². The third-order valence-corrected chi connectivity index (χ3v) is 1.80. The maximum Gasteiger partial charge on any atom is 0.250 e. The van der Waals surface area contributed by atoms with Gasteiger partial charge in [0.1, 0.15) is 5.82 Å². The highest BCUT2D eigenvalue weighted by Gasteiger charge is 2.11. The monoisotopic (exact) mass is 178 g/mol. The molecule has 0 spiro atoms. The zero-order valence-corrected chi connectivity index (χ0v) is 6.99. The molecule has 0 unspecified atom stereocenters. The first kappa shape index (κ1) is 7.91. The lowest BCUT2D eigenvalue weighted by Crippen LogP contribution is -1.88. The van der Waals surface area contributed by atoms with E-state index >= 15 is 0 Å². The van der Waals surface area contributed by atoms with Crippen molar-refractivity contribution in [3.05, 3.63) is 36.0 Å². The van der Waals surface area contributed by atoms with Gasteiger partial charge in [-0.25, -0.2) is 4.39 Å². The Balaban J connectivity index is 2.64. The third-order valence-electron chi connectivity index (χ3n) is 1.80. The summed E-state index contributed by atoms with van der Waals surface area (Å²) in [5, 5.41) is 7.15. The van der Waals surface area contributed by atoms with Crippen LogP contribution in [0.5, 0.6) is 0 Å². The van der Waals surface area contributed by atoms with E-state index in [0.717, 1.165) is 5.56 Å². The van der Waals surface area contributed by atoms with Crippen molar-refractivity contribution < 1.29 is 8.81 Å². The summed E-state index contributed by atoms with van der Waals surface area (Å²) >= 11 is 0. The Bertz CT molecular complexity index is 391. The van der Waals surface area contributed by atoms with Crippen molar-refractivity contribution in [2.45, 2.75) is 6.92 Å². The van der Waals surface area contributed by atoms with Crippen LogP contribution in [0.1, 0.15) is 5.56 Å². The molecule has 1 aromatic heterocycles. The molecule has 0 fully saturated rings. The Morgan fingerprint density at radius 3 is 2.85 bits per heavy atom. The van der Waals surface area contributed by atoms with E-state index in [0.29, 0.717) is 5.56 Å². The van der Waals surface area contributed by atoms with Crippen LogP contribution in [0.3, 0.4) is 0 Å². The summed E-state index contributed by atoms with van der Waals surface area (Å²) in [4.78, 5) is 0. The number of halogens is 1. The standard InChI is InChI=1S/C9H7FN2O/c1-6-3-2-4-7(10)8(6)9-12-11-5-13-9/h2-5H,1H3. The molecule has 0 aliphatic carbocycles. The summed E-state index contributed by atoms with van der Waals surface area (Å²) in [6.45, 7) is 1.79. The van der Waals surface area contributed by atoms with Crippen molar-refractivity contribution in [3.63, 3.8) is 0 Å². The number of aromatic nitrogens is 2. The van der Waals surface area contributed by atoms with Crippen molar-refractivity contribution in [2.75, 3.05) is 0 Å². The van der Waals surface area contributed by atoms with Gasteiger partial charge in [0, 0.05) is 0 Å². The summed E-state index contributed by atoms with van der Waals surface area (Å²) in [7, 11) is 0. The molecule has 4 heteroatoms. The maximum atomic E-state index is 13.3. The summed E-state index contributed by atoms with van der Waals surface area (Å²) in [6.07, 6.45) is 1.18. The van der Waals surface area contributed by atoms with Crippen LogP contribution < -0.4 is 0 Å². The molecule has 0 saturated heterocycles. The number of benzene rings is 1. The van der Waals surface area contributed by atoms with Gasteiger partial charge in [-0.05, 0) is 18.6 Å². The zero-order valence-electron chi connectivity index (χ0n) is 6.99. The van der Waals surface area contributed by atoms with Gasteiger partial charge in [-0.3, -0.25) is 0 Å². The van der Waals surface area contributed by atoms with Gasteiger partial charge in [0.05, 0.1) is 5.56 Å². The van der Waals surface area contributed by atoms with Crippen LogP contribution in [0.2, 0.25) is 0 Å². The minimum atomic E-state index is -0.343. The second kappa shape index (κ2) is 2.97. The van der Waals surface area contributed by atoms with E-state index in [1.807, 2.05) is 0 Å². The Morgan fingerprint density at radius 2 is 2.23 bits per heavy atom. The molecule has 2 rings (SSSR count). The minimum absolute atomic E-state index is 0.218. The van der Waals surface area contributed by atoms with Gasteiger partial charge in [0.25, 0.3) is 5.89 Å². The predicted molar refractivity (Wildman–Crippen MR) is 44.4 cm³/mol. The van der Waals surface area contributed by atoms with Crippen molar-refractivity contribution in [2.24, 2.45) is 0 Å². The summed E-state index contributed by atoms with van der Waals surface area (Å²) in [5.41, 5.74) is 1.16. The highest BCUT2D eigenvalue weighted by molar-refractivity contribution is 5.58. The lowest BCUT2D eigenvalue weighted by atomic mass is 10.1. The van der Waals surface area contributed by atoms with Crippen LogP contribution in [0.25, 0.3) is 11.5 Å². The maximum absolute atomic E-state index is 13.3. The molecular formula is C9H7FN2O. The van der Waals surface area contributed by atoms with Crippen LogP contribution in [0.4, 0.5) is 4.39 Å². The summed E-state index contributed by atoms with van der Waals surface area (Å²) in [5.74, 6) is -0.125. The average molecular weight is 178 g/mol. The highest BCUT2D eigenvalue weighted by atomic mass is 19.1.